The monoisotopic (exact) mass is 772 g/mol. The standard InChI is InChI=1S/C56H40N2S/c1-37-9-8-12-48(33-37)58-53-30-15-38(2)34-50(53)51-35-43(22-31-54(51)58)41-18-26-46(27-19-41)57(45-24-16-40(17-25-45)39-10-4-3-5-11-39)47-28-20-42(21-29-47)44-23-32-56-52(36-44)49-13-6-7-14-55(49)59-56/h3-36H,1-2H3. The molecule has 2 heterocycles. The van der Waals surface area contributed by atoms with E-state index in [-0.39, 0.29) is 0 Å². The van der Waals surface area contributed by atoms with Crippen LogP contribution in [0, 0.1) is 13.8 Å². The van der Waals surface area contributed by atoms with Crippen LogP contribution in [0.1, 0.15) is 11.1 Å². The predicted octanol–water partition coefficient (Wildman–Crippen LogP) is 16.2. The molecule has 0 fully saturated rings. The number of nitrogens with zero attached hydrogens (tertiary/aromatic N) is 2. The zero-order valence-electron chi connectivity index (χ0n) is 32.9. The molecule has 0 atom stereocenters. The second kappa shape index (κ2) is 14.3. The summed E-state index contributed by atoms with van der Waals surface area (Å²) in [7, 11) is 0. The lowest BCUT2D eigenvalue weighted by Gasteiger charge is -2.26. The highest BCUT2D eigenvalue weighted by molar-refractivity contribution is 7.25. The number of hydrogen-bond donors (Lipinski definition) is 0. The van der Waals surface area contributed by atoms with Gasteiger partial charge in [-0.2, -0.15) is 0 Å². The zero-order chi connectivity index (χ0) is 39.5. The third-order valence-corrected chi connectivity index (χ3v) is 12.9. The minimum Gasteiger partial charge on any atom is -0.311 e. The van der Waals surface area contributed by atoms with E-state index in [2.05, 4.69) is 230 Å². The Balaban J connectivity index is 0.975. The highest BCUT2D eigenvalue weighted by Gasteiger charge is 2.17. The van der Waals surface area contributed by atoms with Crippen molar-refractivity contribution in [2.45, 2.75) is 13.8 Å². The van der Waals surface area contributed by atoms with E-state index in [0.717, 1.165) is 17.1 Å². The van der Waals surface area contributed by atoms with Gasteiger partial charge in [0.25, 0.3) is 0 Å². The van der Waals surface area contributed by atoms with Gasteiger partial charge < -0.3 is 9.47 Å². The smallest absolute Gasteiger partial charge is 0.0541 e. The maximum Gasteiger partial charge on any atom is 0.0541 e. The molecule has 59 heavy (non-hydrogen) atoms. The Hall–Kier alpha value is -7.20. The first kappa shape index (κ1) is 35.0. The van der Waals surface area contributed by atoms with Gasteiger partial charge >= 0.3 is 0 Å². The van der Waals surface area contributed by atoms with Gasteiger partial charge in [-0.3, -0.25) is 0 Å². The van der Waals surface area contributed by atoms with Crippen molar-refractivity contribution >= 4 is 70.4 Å². The molecule has 0 aliphatic carbocycles. The number of fused-ring (bicyclic) bond motifs is 6. The Morgan fingerprint density at radius 2 is 0.831 bits per heavy atom. The molecule has 0 unspecified atom stereocenters. The maximum absolute atomic E-state index is 2.40. The summed E-state index contributed by atoms with van der Waals surface area (Å²) in [5.74, 6) is 0. The van der Waals surface area contributed by atoms with E-state index in [9.17, 15) is 0 Å². The summed E-state index contributed by atoms with van der Waals surface area (Å²) in [5.41, 5.74) is 16.7. The molecular weight excluding hydrogens is 733 g/mol. The van der Waals surface area contributed by atoms with Gasteiger partial charge in [0, 0.05) is 53.7 Å². The summed E-state index contributed by atoms with van der Waals surface area (Å²) >= 11 is 1.86. The predicted molar refractivity (Wildman–Crippen MR) is 254 cm³/mol. The fourth-order valence-corrected chi connectivity index (χ4v) is 9.84. The number of thiophene rings is 1. The first-order valence-corrected chi connectivity index (χ1v) is 21.1. The first-order chi connectivity index (χ1) is 29.0. The molecule has 0 saturated carbocycles. The molecule has 0 spiro atoms. The average Bonchev–Trinajstić information content (AvgIpc) is 3.82. The van der Waals surface area contributed by atoms with E-state index in [1.165, 1.54) is 92.2 Å². The highest BCUT2D eigenvalue weighted by Crippen LogP contribution is 2.41. The summed E-state index contributed by atoms with van der Waals surface area (Å²) < 4.78 is 5.05. The lowest BCUT2D eigenvalue weighted by atomic mass is 10.0. The van der Waals surface area contributed by atoms with Crippen molar-refractivity contribution in [3.63, 3.8) is 0 Å². The SMILES string of the molecule is Cc1cccc(-n2c3ccc(C)cc3c3cc(-c4ccc(N(c5ccc(-c6ccccc6)cc5)c5ccc(-c6ccc7sc8ccccc8c7c6)cc5)cc4)ccc32)c1. The van der Waals surface area contributed by atoms with E-state index in [0.29, 0.717) is 0 Å². The zero-order valence-corrected chi connectivity index (χ0v) is 33.7. The van der Waals surface area contributed by atoms with Gasteiger partial charge in [-0.25, -0.2) is 0 Å². The van der Waals surface area contributed by atoms with Gasteiger partial charge in [-0.05, 0) is 144 Å². The molecule has 2 nitrogen and oxygen atoms in total. The maximum atomic E-state index is 2.40. The van der Waals surface area contributed by atoms with Crippen LogP contribution in [0.15, 0.2) is 206 Å². The third-order valence-electron chi connectivity index (χ3n) is 11.7. The quantitative estimate of drug-likeness (QED) is 0.157. The Labute approximate surface area is 348 Å². The summed E-state index contributed by atoms with van der Waals surface area (Å²) in [6.07, 6.45) is 0. The molecule has 0 aliphatic heterocycles. The van der Waals surface area contributed by atoms with Crippen molar-refractivity contribution in [2.24, 2.45) is 0 Å². The van der Waals surface area contributed by atoms with Crippen molar-refractivity contribution in [3.05, 3.63) is 217 Å². The molecule has 11 rings (SSSR count). The van der Waals surface area contributed by atoms with Gasteiger partial charge in [0.15, 0.2) is 0 Å². The van der Waals surface area contributed by atoms with Crippen molar-refractivity contribution in [1.29, 1.82) is 0 Å². The van der Waals surface area contributed by atoms with Crippen LogP contribution in [-0.4, -0.2) is 4.57 Å². The molecule has 0 radical (unpaired) electrons. The van der Waals surface area contributed by atoms with Crippen LogP contribution >= 0.6 is 11.3 Å². The number of hydrogen-bond acceptors (Lipinski definition) is 2. The Kier molecular flexibility index (Phi) is 8.49. The highest BCUT2D eigenvalue weighted by atomic mass is 32.1. The summed E-state index contributed by atoms with van der Waals surface area (Å²) in [4.78, 5) is 2.36. The van der Waals surface area contributed by atoms with Crippen molar-refractivity contribution in [3.8, 4) is 39.1 Å². The van der Waals surface area contributed by atoms with Crippen LogP contribution in [-0.2, 0) is 0 Å². The van der Waals surface area contributed by atoms with Crippen molar-refractivity contribution in [1.82, 2.24) is 4.57 Å². The molecule has 0 aliphatic rings. The van der Waals surface area contributed by atoms with Gasteiger partial charge in [0.2, 0.25) is 0 Å². The summed E-state index contributed by atoms with van der Waals surface area (Å²) in [6, 6.07) is 75.7. The topological polar surface area (TPSA) is 8.17 Å². The molecule has 0 amide bonds. The Bertz CT molecular complexity index is 3320. The normalized spacial score (nSPS) is 11.6. The van der Waals surface area contributed by atoms with E-state index in [1.807, 2.05) is 11.3 Å². The van der Waals surface area contributed by atoms with Crippen molar-refractivity contribution in [2.75, 3.05) is 4.90 Å². The van der Waals surface area contributed by atoms with Gasteiger partial charge in [-0.15, -0.1) is 11.3 Å². The summed E-state index contributed by atoms with van der Waals surface area (Å²) in [6.45, 7) is 4.34. The van der Waals surface area contributed by atoms with E-state index in [1.54, 1.807) is 0 Å². The largest absolute Gasteiger partial charge is 0.311 e. The van der Waals surface area contributed by atoms with Gasteiger partial charge in [0.1, 0.15) is 0 Å². The number of aryl methyl sites for hydroxylation is 2. The van der Waals surface area contributed by atoms with Crippen LogP contribution in [0.4, 0.5) is 17.1 Å². The van der Waals surface area contributed by atoms with E-state index >= 15 is 0 Å². The van der Waals surface area contributed by atoms with Crippen LogP contribution < -0.4 is 4.90 Å². The van der Waals surface area contributed by atoms with Gasteiger partial charge in [-0.1, -0.05) is 121 Å². The molecule has 0 N–H and O–H groups in total. The van der Waals surface area contributed by atoms with E-state index < -0.39 is 0 Å². The number of aromatic nitrogens is 1. The minimum absolute atomic E-state index is 1.10. The molecule has 0 bridgehead atoms. The third kappa shape index (κ3) is 6.28. The number of anilines is 3. The molecule has 9 aromatic carbocycles. The molecule has 2 aromatic heterocycles. The van der Waals surface area contributed by atoms with Crippen LogP contribution in [0.3, 0.4) is 0 Å². The molecule has 280 valence electrons. The van der Waals surface area contributed by atoms with Crippen LogP contribution in [0.5, 0.6) is 0 Å². The average molecular weight is 773 g/mol. The number of benzene rings is 9. The molecule has 3 heteroatoms. The molecule has 0 saturated heterocycles. The summed E-state index contributed by atoms with van der Waals surface area (Å²) in [5, 5.41) is 5.18. The lowest BCUT2D eigenvalue weighted by molar-refractivity contribution is 1.17. The van der Waals surface area contributed by atoms with Crippen LogP contribution in [0.2, 0.25) is 0 Å². The fraction of sp³-hybridized carbons (Fsp3) is 0.0357. The minimum atomic E-state index is 1.10. The Morgan fingerprint density at radius 1 is 0.339 bits per heavy atom. The second-order valence-corrected chi connectivity index (χ2v) is 16.7. The second-order valence-electron chi connectivity index (χ2n) is 15.6. The van der Waals surface area contributed by atoms with Crippen molar-refractivity contribution < 1.29 is 0 Å². The molecular formula is C56H40N2S. The molecule has 11 aromatic rings. The van der Waals surface area contributed by atoms with E-state index in [4.69, 9.17) is 0 Å². The first-order valence-electron chi connectivity index (χ1n) is 20.2. The fourth-order valence-electron chi connectivity index (χ4n) is 8.75. The lowest BCUT2D eigenvalue weighted by Crippen LogP contribution is -2.09. The Morgan fingerprint density at radius 3 is 1.49 bits per heavy atom. The van der Waals surface area contributed by atoms with Gasteiger partial charge in [0.05, 0.1) is 11.0 Å². The number of rotatable bonds is 7. The van der Waals surface area contributed by atoms with Crippen LogP contribution in [0.25, 0.3) is 81.0 Å².